The van der Waals surface area contributed by atoms with E-state index >= 15 is 0 Å². The van der Waals surface area contributed by atoms with Crippen molar-refractivity contribution in [3.63, 3.8) is 0 Å². The van der Waals surface area contributed by atoms with E-state index in [4.69, 9.17) is 16.3 Å². The molecule has 0 bridgehead atoms. The van der Waals surface area contributed by atoms with Gasteiger partial charge in [0, 0.05) is 34.8 Å². The quantitative estimate of drug-likeness (QED) is 0.397. The molecule has 2 N–H and O–H groups in total. The Balaban J connectivity index is 2.00. The maximum atomic E-state index is 8.39. The average Bonchev–Trinajstić information content (AvgIpc) is 2.56. The zero-order valence-corrected chi connectivity index (χ0v) is 12.2. The fourth-order valence-corrected chi connectivity index (χ4v) is 2.83. The molecule has 0 aromatic heterocycles. The molecule has 1 aliphatic heterocycles. The van der Waals surface area contributed by atoms with E-state index in [1.54, 1.807) is 0 Å². The summed E-state index contributed by atoms with van der Waals surface area (Å²) in [6, 6.07) is 14.3. The molecule has 0 unspecified atom stereocenters. The van der Waals surface area contributed by atoms with Crippen LogP contribution in [-0.4, -0.2) is 18.8 Å². The Hall–Kier alpha value is -2.78. The number of anilines is 1. The predicted octanol–water partition coefficient (Wildman–Crippen LogP) is 3.52. The van der Waals surface area contributed by atoms with Gasteiger partial charge in [0.1, 0.15) is 0 Å². The van der Waals surface area contributed by atoms with E-state index in [0.717, 1.165) is 41.1 Å². The molecular weight excluding hydrogens is 274 g/mol. The van der Waals surface area contributed by atoms with Crippen molar-refractivity contribution in [2.45, 2.75) is 12.8 Å². The van der Waals surface area contributed by atoms with Crippen LogP contribution in [0.15, 0.2) is 52.6 Å². The molecule has 0 amide bonds. The largest absolute Gasteiger partial charge is 0.398 e. The van der Waals surface area contributed by atoms with Gasteiger partial charge in [-0.1, -0.05) is 47.6 Å². The van der Waals surface area contributed by atoms with Crippen LogP contribution < -0.4 is 5.73 Å². The van der Waals surface area contributed by atoms with Crippen LogP contribution in [0.5, 0.6) is 0 Å². The van der Waals surface area contributed by atoms with E-state index < -0.39 is 0 Å². The highest BCUT2D eigenvalue weighted by atomic mass is 15.1. The van der Waals surface area contributed by atoms with Crippen LogP contribution in [0, 0.1) is 0 Å². The standard InChI is InChI=1S/C17H17N5/c18-16-13(9-11-21-22-19)5-3-7-15(16)17-14-6-2-1-4-12(14)8-10-20-17/h1-7H,8-11,18H2. The molecule has 1 heterocycles. The van der Waals surface area contributed by atoms with Crippen LogP contribution in [-0.2, 0) is 12.8 Å². The van der Waals surface area contributed by atoms with E-state index in [1.165, 1.54) is 5.56 Å². The zero-order chi connectivity index (χ0) is 15.4. The Kier molecular flexibility index (Phi) is 4.08. The Morgan fingerprint density at radius 1 is 1.14 bits per heavy atom. The normalized spacial score (nSPS) is 13.0. The number of para-hydroxylation sites is 1. The maximum absolute atomic E-state index is 8.39. The maximum Gasteiger partial charge on any atom is 0.0742 e. The topological polar surface area (TPSA) is 87.1 Å². The first kappa shape index (κ1) is 14.2. The molecule has 0 saturated heterocycles. The molecule has 3 rings (SSSR count). The van der Waals surface area contributed by atoms with E-state index in [-0.39, 0.29) is 0 Å². The van der Waals surface area contributed by atoms with Crippen LogP contribution >= 0.6 is 0 Å². The highest BCUT2D eigenvalue weighted by Gasteiger charge is 2.18. The van der Waals surface area contributed by atoms with Gasteiger partial charge in [-0.3, -0.25) is 4.99 Å². The molecule has 0 fully saturated rings. The molecule has 22 heavy (non-hydrogen) atoms. The SMILES string of the molecule is [N-]=[N+]=NCCc1cccc(C2=NCCc3ccccc32)c1N. The molecule has 0 aliphatic carbocycles. The first-order valence-electron chi connectivity index (χ1n) is 7.32. The number of fused-ring (bicyclic) bond motifs is 1. The summed E-state index contributed by atoms with van der Waals surface area (Å²) in [5, 5.41) is 3.58. The number of aliphatic imine (C=N–C) groups is 1. The van der Waals surface area contributed by atoms with Crippen LogP contribution in [0.1, 0.15) is 22.3 Å². The van der Waals surface area contributed by atoms with Gasteiger partial charge < -0.3 is 5.73 Å². The highest BCUT2D eigenvalue weighted by molar-refractivity contribution is 6.17. The predicted molar refractivity (Wildman–Crippen MR) is 89.2 cm³/mol. The summed E-state index contributed by atoms with van der Waals surface area (Å²) in [6.07, 6.45) is 1.61. The highest BCUT2D eigenvalue weighted by Crippen LogP contribution is 2.26. The minimum absolute atomic E-state index is 0.410. The van der Waals surface area contributed by atoms with Gasteiger partial charge in [-0.25, -0.2) is 0 Å². The lowest BCUT2D eigenvalue weighted by atomic mass is 9.91. The molecule has 2 aromatic carbocycles. The summed E-state index contributed by atoms with van der Waals surface area (Å²) in [5.41, 5.74) is 20.8. The monoisotopic (exact) mass is 291 g/mol. The van der Waals surface area contributed by atoms with Gasteiger partial charge in [0.2, 0.25) is 0 Å². The number of nitrogens with zero attached hydrogens (tertiary/aromatic N) is 4. The molecule has 5 nitrogen and oxygen atoms in total. The van der Waals surface area contributed by atoms with E-state index in [0.29, 0.717) is 13.0 Å². The summed E-state index contributed by atoms with van der Waals surface area (Å²) >= 11 is 0. The summed E-state index contributed by atoms with van der Waals surface area (Å²) in [6.45, 7) is 1.20. The lowest BCUT2D eigenvalue weighted by molar-refractivity contribution is 0.942. The van der Waals surface area contributed by atoms with Gasteiger partial charge in [-0.15, -0.1) is 0 Å². The van der Waals surface area contributed by atoms with E-state index in [9.17, 15) is 0 Å². The molecule has 0 saturated carbocycles. The van der Waals surface area contributed by atoms with Gasteiger partial charge in [-0.2, -0.15) is 0 Å². The fraction of sp³-hybridized carbons (Fsp3) is 0.235. The third kappa shape index (κ3) is 2.67. The van der Waals surface area contributed by atoms with Crippen molar-refractivity contribution in [2.75, 3.05) is 18.8 Å². The molecule has 1 aliphatic rings. The minimum Gasteiger partial charge on any atom is -0.398 e. The summed E-state index contributed by atoms with van der Waals surface area (Å²) in [5.74, 6) is 0. The second kappa shape index (κ2) is 6.33. The van der Waals surface area contributed by atoms with Crippen molar-refractivity contribution < 1.29 is 0 Å². The molecule has 5 heteroatoms. The minimum atomic E-state index is 0.410. The van der Waals surface area contributed by atoms with Gasteiger partial charge >= 0.3 is 0 Å². The van der Waals surface area contributed by atoms with Crippen molar-refractivity contribution in [1.82, 2.24) is 0 Å². The van der Waals surface area contributed by atoms with E-state index in [1.807, 2.05) is 24.3 Å². The Morgan fingerprint density at radius 3 is 2.82 bits per heavy atom. The molecule has 110 valence electrons. The lowest BCUT2D eigenvalue weighted by Crippen LogP contribution is -2.16. The van der Waals surface area contributed by atoms with Crippen LogP contribution in [0.3, 0.4) is 0 Å². The number of hydrogen-bond acceptors (Lipinski definition) is 3. The summed E-state index contributed by atoms with van der Waals surface area (Å²) < 4.78 is 0. The van der Waals surface area contributed by atoms with Gasteiger partial charge in [0.15, 0.2) is 0 Å². The van der Waals surface area contributed by atoms with Crippen LogP contribution in [0.4, 0.5) is 5.69 Å². The number of benzene rings is 2. The summed E-state index contributed by atoms with van der Waals surface area (Å²) in [4.78, 5) is 7.48. The van der Waals surface area contributed by atoms with Crippen molar-refractivity contribution >= 4 is 11.4 Å². The molecular formula is C17H17N5. The zero-order valence-electron chi connectivity index (χ0n) is 12.2. The summed E-state index contributed by atoms with van der Waals surface area (Å²) in [7, 11) is 0. The van der Waals surface area contributed by atoms with Crippen molar-refractivity contribution in [3.8, 4) is 0 Å². The number of nitrogens with two attached hydrogens (primary N) is 1. The smallest absolute Gasteiger partial charge is 0.0742 e. The van der Waals surface area contributed by atoms with Crippen molar-refractivity contribution in [1.29, 1.82) is 0 Å². The number of rotatable bonds is 4. The van der Waals surface area contributed by atoms with Crippen molar-refractivity contribution in [3.05, 3.63) is 75.2 Å². The lowest BCUT2D eigenvalue weighted by Gasteiger charge is -2.19. The molecule has 0 radical (unpaired) electrons. The number of azide groups is 1. The van der Waals surface area contributed by atoms with Crippen LogP contribution in [0.2, 0.25) is 0 Å². The Morgan fingerprint density at radius 2 is 1.95 bits per heavy atom. The molecule has 0 atom stereocenters. The van der Waals surface area contributed by atoms with Gasteiger partial charge in [-0.05, 0) is 29.5 Å². The van der Waals surface area contributed by atoms with Crippen LogP contribution in [0.25, 0.3) is 10.4 Å². The molecule has 0 spiro atoms. The number of hydrogen-bond donors (Lipinski definition) is 1. The first-order chi connectivity index (χ1) is 10.8. The second-order valence-corrected chi connectivity index (χ2v) is 5.22. The first-order valence-corrected chi connectivity index (χ1v) is 7.32. The van der Waals surface area contributed by atoms with Crippen molar-refractivity contribution in [2.24, 2.45) is 10.1 Å². The Bertz CT molecular complexity index is 772. The third-order valence-electron chi connectivity index (χ3n) is 3.92. The van der Waals surface area contributed by atoms with Gasteiger partial charge in [0.05, 0.1) is 5.71 Å². The third-order valence-corrected chi connectivity index (χ3v) is 3.92. The second-order valence-electron chi connectivity index (χ2n) is 5.22. The van der Waals surface area contributed by atoms with E-state index in [2.05, 4.69) is 28.2 Å². The van der Waals surface area contributed by atoms with Gasteiger partial charge in [0.25, 0.3) is 0 Å². The average molecular weight is 291 g/mol. The number of nitrogen functional groups attached to an aromatic ring is 1. The fourth-order valence-electron chi connectivity index (χ4n) is 2.83. The Labute approximate surface area is 129 Å². The molecule has 2 aromatic rings.